The molecule has 0 spiro atoms. The molecule has 0 aliphatic heterocycles. The van der Waals surface area contributed by atoms with Gasteiger partial charge in [-0.05, 0) is 23.8 Å². The van der Waals surface area contributed by atoms with Crippen LogP contribution < -0.4 is 5.32 Å². The highest BCUT2D eigenvalue weighted by Gasteiger charge is 2.37. The maximum absolute atomic E-state index is 12.3. The zero-order chi connectivity index (χ0) is 15.3. The summed E-state index contributed by atoms with van der Waals surface area (Å²) in [5.74, 6) is 0.131. The highest BCUT2D eigenvalue weighted by atomic mass is 16.5. The number of hydrogen-bond acceptors (Lipinski definition) is 2. The van der Waals surface area contributed by atoms with Gasteiger partial charge in [-0.25, -0.2) is 0 Å². The summed E-state index contributed by atoms with van der Waals surface area (Å²) in [6.45, 7) is 5.73. The number of ether oxygens (including phenoxy) is 1. The van der Waals surface area contributed by atoms with Gasteiger partial charge in [0.1, 0.15) is 0 Å². The Morgan fingerprint density at radius 1 is 1.29 bits per heavy atom. The number of nitrogens with one attached hydrogen (secondary N) is 1. The predicted molar refractivity (Wildman–Crippen MR) is 85.3 cm³/mol. The Morgan fingerprint density at radius 2 is 1.95 bits per heavy atom. The van der Waals surface area contributed by atoms with Gasteiger partial charge in [0.15, 0.2) is 0 Å². The molecule has 3 nitrogen and oxygen atoms in total. The molecule has 3 heteroatoms. The van der Waals surface area contributed by atoms with E-state index in [1.165, 1.54) is 12.0 Å². The van der Waals surface area contributed by atoms with Crippen molar-refractivity contribution in [2.75, 3.05) is 20.3 Å². The van der Waals surface area contributed by atoms with Crippen LogP contribution >= 0.6 is 0 Å². The number of benzene rings is 1. The Kier molecular flexibility index (Phi) is 5.04. The van der Waals surface area contributed by atoms with Gasteiger partial charge in [0.05, 0.1) is 6.61 Å². The van der Waals surface area contributed by atoms with Crippen molar-refractivity contribution >= 4 is 5.91 Å². The number of carbonyl (C=O) groups is 1. The van der Waals surface area contributed by atoms with Crippen molar-refractivity contribution in [3.8, 4) is 0 Å². The number of carbonyl (C=O) groups excluding carboxylic acids is 1. The van der Waals surface area contributed by atoms with Crippen LogP contribution in [0.5, 0.6) is 0 Å². The standard InChI is InChI=1S/C18H27NO2/c1-17(2,15-8-5-4-6-9-15)12-16(20)19-13-18(14-21-3)10-7-11-18/h4-6,8-9H,7,10-14H2,1-3H3,(H,19,20). The maximum atomic E-state index is 12.3. The monoisotopic (exact) mass is 289 g/mol. The third kappa shape index (κ3) is 4.07. The van der Waals surface area contributed by atoms with Crippen LogP contribution in [0.2, 0.25) is 0 Å². The molecule has 1 aliphatic rings. The van der Waals surface area contributed by atoms with Crippen molar-refractivity contribution < 1.29 is 9.53 Å². The molecule has 0 unspecified atom stereocenters. The van der Waals surface area contributed by atoms with Gasteiger partial charge in [-0.2, -0.15) is 0 Å². The lowest BCUT2D eigenvalue weighted by Gasteiger charge is -2.41. The molecule has 0 bridgehead atoms. The third-order valence-corrected chi connectivity index (χ3v) is 4.68. The molecule has 0 aromatic heterocycles. The van der Waals surface area contributed by atoms with E-state index in [1.54, 1.807) is 7.11 Å². The molecule has 0 radical (unpaired) electrons. The second-order valence-corrected chi connectivity index (χ2v) is 6.99. The smallest absolute Gasteiger partial charge is 0.220 e. The molecule has 1 N–H and O–H groups in total. The van der Waals surface area contributed by atoms with Crippen LogP contribution in [0.15, 0.2) is 30.3 Å². The van der Waals surface area contributed by atoms with Crippen molar-refractivity contribution in [2.45, 2.75) is 44.9 Å². The van der Waals surface area contributed by atoms with Gasteiger partial charge < -0.3 is 10.1 Å². The largest absolute Gasteiger partial charge is 0.384 e. The normalized spacial score (nSPS) is 17.1. The van der Waals surface area contributed by atoms with E-state index in [0.29, 0.717) is 6.42 Å². The molecule has 1 aliphatic carbocycles. The van der Waals surface area contributed by atoms with Gasteiger partial charge in [0.25, 0.3) is 0 Å². The summed E-state index contributed by atoms with van der Waals surface area (Å²) in [7, 11) is 1.74. The fraction of sp³-hybridized carbons (Fsp3) is 0.611. The number of amides is 1. The van der Waals surface area contributed by atoms with Gasteiger partial charge in [0.2, 0.25) is 5.91 Å². The lowest BCUT2D eigenvalue weighted by molar-refractivity contribution is -0.123. The molecule has 21 heavy (non-hydrogen) atoms. The van der Waals surface area contributed by atoms with E-state index in [1.807, 2.05) is 18.2 Å². The van der Waals surface area contributed by atoms with E-state index in [2.05, 4.69) is 31.3 Å². The number of rotatable bonds is 7. The van der Waals surface area contributed by atoms with E-state index >= 15 is 0 Å². The maximum Gasteiger partial charge on any atom is 0.220 e. The quantitative estimate of drug-likeness (QED) is 0.836. The molecule has 116 valence electrons. The Bertz CT molecular complexity index is 463. The van der Waals surface area contributed by atoms with Crippen LogP contribution in [-0.4, -0.2) is 26.2 Å². The van der Waals surface area contributed by atoms with Crippen LogP contribution in [0.3, 0.4) is 0 Å². The number of hydrogen-bond donors (Lipinski definition) is 1. The van der Waals surface area contributed by atoms with Gasteiger partial charge >= 0.3 is 0 Å². The van der Waals surface area contributed by atoms with Crippen molar-refractivity contribution in [2.24, 2.45) is 5.41 Å². The van der Waals surface area contributed by atoms with Crippen molar-refractivity contribution in [1.82, 2.24) is 5.32 Å². The molecular weight excluding hydrogens is 262 g/mol. The van der Waals surface area contributed by atoms with Crippen LogP contribution in [-0.2, 0) is 14.9 Å². The first-order chi connectivity index (χ1) is 9.97. The lowest BCUT2D eigenvalue weighted by Crippen LogP contribution is -2.45. The van der Waals surface area contributed by atoms with E-state index < -0.39 is 0 Å². The van der Waals surface area contributed by atoms with Gasteiger partial charge in [0, 0.05) is 25.5 Å². The highest BCUT2D eigenvalue weighted by molar-refractivity contribution is 5.77. The fourth-order valence-corrected chi connectivity index (χ4v) is 3.10. The zero-order valence-corrected chi connectivity index (χ0v) is 13.4. The van der Waals surface area contributed by atoms with E-state index in [9.17, 15) is 4.79 Å². The summed E-state index contributed by atoms with van der Waals surface area (Å²) in [4.78, 5) is 12.3. The average Bonchev–Trinajstić information content (AvgIpc) is 2.42. The first-order valence-corrected chi connectivity index (χ1v) is 7.79. The Balaban J connectivity index is 1.87. The first-order valence-electron chi connectivity index (χ1n) is 7.79. The summed E-state index contributed by atoms with van der Waals surface area (Å²) >= 11 is 0. The SMILES string of the molecule is COCC1(CNC(=O)CC(C)(C)c2ccccc2)CCC1. The molecule has 2 rings (SSSR count). The molecule has 1 amide bonds. The van der Waals surface area contributed by atoms with Crippen LogP contribution in [0.4, 0.5) is 0 Å². The van der Waals surface area contributed by atoms with E-state index in [4.69, 9.17) is 4.74 Å². The third-order valence-electron chi connectivity index (χ3n) is 4.68. The summed E-state index contributed by atoms with van der Waals surface area (Å²) < 4.78 is 5.30. The van der Waals surface area contributed by atoms with Crippen molar-refractivity contribution in [3.05, 3.63) is 35.9 Å². The predicted octanol–water partition coefficient (Wildman–Crippen LogP) is 3.29. The minimum absolute atomic E-state index is 0.131. The second-order valence-electron chi connectivity index (χ2n) is 6.99. The summed E-state index contributed by atoms with van der Waals surface area (Å²) in [5, 5.41) is 3.12. The summed E-state index contributed by atoms with van der Waals surface area (Å²) in [6, 6.07) is 10.2. The minimum atomic E-state index is -0.140. The fourth-order valence-electron chi connectivity index (χ4n) is 3.10. The van der Waals surface area contributed by atoms with E-state index in [0.717, 1.165) is 26.0 Å². The number of methoxy groups -OCH3 is 1. The van der Waals surface area contributed by atoms with Gasteiger partial charge in [-0.15, -0.1) is 0 Å². The molecule has 0 heterocycles. The molecule has 1 saturated carbocycles. The molecular formula is C18H27NO2. The lowest BCUT2D eigenvalue weighted by atomic mass is 9.69. The molecule has 0 saturated heterocycles. The minimum Gasteiger partial charge on any atom is -0.384 e. The Labute approximate surface area is 128 Å². The highest BCUT2D eigenvalue weighted by Crippen LogP contribution is 2.40. The Hall–Kier alpha value is -1.35. The first kappa shape index (κ1) is 16.0. The zero-order valence-electron chi connectivity index (χ0n) is 13.4. The van der Waals surface area contributed by atoms with Crippen molar-refractivity contribution in [1.29, 1.82) is 0 Å². The van der Waals surface area contributed by atoms with Gasteiger partial charge in [-0.1, -0.05) is 50.6 Å². The van der Waals surface area contributed by atoms with E-state index in [-0.39, 0.29) is 16.7 Å². The summed E-state index contributed by atoms with van der Waals surface area (Å²) in [6.07, 6.45) is 4.07. The van der Waals surface area contributed by atoms with Crippen molar-refractivity contribution in [3.63, 3.8) is 0 Å². The topological polar surface area (TPSA) is 38.3 Å². The second kappa shape index (κ2) is 6.61. The van der Waals surface area contributed by atoms with Crippen LogP contribution in [0, 0.1) is 5.41 Å². The van der Waals surface area contributed by atoms with Crippen LogP contribution in [0.25, 0.3) is 0 Å². The molecule has 1 fully saturated rings. The molecule has 1 aromatic rings. The average molecular weight is 289 g/mol. The van der Waals surface area contributed by atoms with Crippen LogP contribution in [0.1, 0.15) is 45.1 Å². The molecule has 1 aromatic carbocycles. The molecule has 0 atom stereocenters. The Morgan fingerprint density at radius 3 is 2.48 bits per heavy atom. The summed E-state index contributed by atoms with van der Waals surface area (Å²) in [5.41, 5.74) is 1.25. The van der Waals surface area contributed by atoms with Gasteiger partial charge in [-0.3, -0.25) is 4.79 Å².